The van der Waals surface area contributed by atoms with Crippen LogP contribution in [0, 0.1) is 5.92 Å². The van der Waals surface area contributed by atoms with Crippen molar-refractivity contribution < 1.29 is 4.79 Å². The van der Waals surface area contributed by atoms with Gasteiger partial charge in [0, 0.05) is 11.6 Å². The Morgan fingerprint density at radius 2 is 2.05 bits per heavy atom. The molecule has 1 aromatic heterocycles. The third-order valence-corrected chi connectivity index (χ3v) is 3.74. The number of rotatable bonds is 4. The van der Waals surface area contributed by atoms with Crippen LogP contribution in [0.3, 0.4) is 0 Å². The summed E-state index contributed by atoms with van der Waals surface area (Å²) in [5, 5.41) is 10.3. The Balaban J connectivity index is 1.57. The lowest BCUT2D eigenvalue weighted by atomic mass is 9.97. The van der Waals surface area contributed by atoms with E-state index in [4.69, 9.17) is 0 Å². The van der Waals surface area contributed by atoms with Crippen LogP contribution in [0.1, 0.15) is 18.4 Å². The van der Waals surface area contributed by atoms with Gasteiger partial charge in [0.15, 0.2) is 0 Å². The molecule has 0 radical (unpaired) electrons. The van der Waals surface area contributed by atoms with Gasteiger partial charge < -0.3 is 10.6 Å². The zero-order valence-electron chi connectivity index (χ0n) is 11.8. The van der Waals surface area contributed by atoms with E-state index in [1.54, 1.807) is 11.0 Å². The molecule has 6 nitrogen and oxygen atoms in total. The van der Waals surface area contributed by atoms with Gasteiger partial charge in [0.25, 0.3) is 0 Å². The molecule has 21 heavy (non-hydrogen) atoms. The molecule has 2 N–H and O–H groups in total. The van der Waals surface area contributed by atoms with E-state index < -0.39 is 0 Å². The predicted octanol–water partition coefficient (Wildman–Crippen LogP) is 1.26. The first-order valence-electron chi connectivity index (χ1n) is 7.24. The fourth-order valence-corrected chi connectivity index (χ4v) is 2.52. The number of anilines is 1. The molecule has 1 amide bonds. The van der Waals surface area contributed by atoms with Crippen molar-refractivity contribution in [3.05, 3.63) is 42.5 Å². The number of carbonyl (C=O) groups is 1. The average molecular weight is 285 g/mol. The van der Waals surface area contributed by atoms with Crippen molar-refractivity contribution in [2.45, 2.75) is 19.4 Å². The van der Waals surface area contributed by atoms with Gasteiger partial charge in [-0.1, -0.05) is 12.1 Å². The van der Waals surface area contributed by atoms with Gasteiger partial charge in [-0.25, -0.2) is 9.67 Å². The highest BCUT2D eigenvalue weighted by atomic mass is 16.1. The van der Waals surface area contributed by atoms with Crippen molar-refractivity contribution in [2.75, 3.05) is 18.4 Å². The lowest BCUT2D eigenvalue weighted by molar-refractivity contribution is -0.120. The van der Waals surface area contributed by atoms with E-state index in [0.29, 0.717) is 6.54 Å². The Kier molecular flexibility index (Phi) is 4.25. The van der Waals surface area contributed by atoms with E-state index in [1.165, 1.54) is 6.33 Å². The summed E-state index contributed by atoms with van der Waals surface area (Å²) < 4.78 is 1.77. The first kappa shape index (κ1) is 13.8. The molecule has 3 rings (SSSR count). The smallest absolute Gasteiger partial charge is 0.227 e. The van der Waals surface area contributed by atoms with E-state index >= 15 is 0 Å². The van der Waals surface area contributed by atoms with Crippen LogP contribution in [-0.4, -0.2) is 33.8 Å². The molecule has 1 aliphatic heterocycles. The minimum Gasteiger partial charge on any atom is -0.326 e. The first-order valence-corrected chi connectivity index (χ1v) is 7.24. The minimum atomic E-state index is 0.125. The van der Waals surface area contributed by atoms with Crippen LogP contribution in [0.5, 0.6) is 0 Å². The van der Waals surface area contributed by atoms with Gasteiger partial charge in [-0.3, -0.25) is 4.79 Å². The zero-order valence-corrected chi connectivity index (χ0v) is 11.8. The summed E-state index contributed by atoms with van der Waals surface area (Å²) in [6.07, 6.45) is 5.03. The number of nitrogens with zero attached hydrogens (tertiary/aromatic N) is 3. The van der Waals surface area contributed by atoms with Crippen LogP contribution < -0.4 is 10.6 Å². The van der Waals surface area contributed by atoms with Gasteiger partial charge in [-0.05, 0) is 43.6 Å². The van der Waals surface area contributed by atoms with E-state index in [2.05, 4.69) is 20.7 Å². The van der Waals surface area contributed by atoms with Gasteiger partial charge in [0.05, 0.1) is 6.54 Å². The van der Waals surface area contributed by atoms with E-state index in [0.717, 1.165) is 37.2 Å². The lowest BCUT2D eigenvalue weighted by Crippen LogP contribution is -2.34. The number of benzene rings is 1. The molecule has 0 spiro atoms. The van der Waals surface area contributed by atoms with E-state index in [1.807, 2.05) is 24.3 Å². The Labute approximate surface area is 123 Å². The van der Waals surface area contributed by atoms with Crippen LogP contribution in [0.15, 0.2) is 36.9 Å². The number of nitrogens with one attached hydrogen (secondary N) is 2. The van der Waals surface area contributed by atoms with Crippen LogP contribution in [-0.2, 0) is 11.3 Å². The molecule has 0 unspecified atom stereocenters. The second kappa shape index (κ2) is 6.49. The van der Waals surface area contributed by atoms with Crippen LogP contribution in [0.2, 0.25) is 0 Å². The van der Waals surface area contributed by atoms with Crippen molar-refractivity contribution in [1.29, 1.82) is 0 Å². The largest absolute Gasteiger partial charge is 0.326 e. The highest BCUT2D eigenvalue weighted by Crippen LogP contribution is 2.16. The third-order valence-electron chi connectivity index (χ3n) is 3.74. The highest BCUT2D eigenvalue weighted by molar-refractivity contribution is 5.92. The standard InChI is InChI=1S/C15H19N5O/c21-15(13-5-7-16-8-6-13)19-14-3-1-12(2-4-14)9-20-11-17-10-18-20/h1-4,10-11,13,16H,5-9H2,(H,19,21). The second-order valence-corrected chi connectivity index (χ2v) is 5.30. The number of carbonyl (C=O) groups excluding carboxylic acids is 1. The fourth-order valence-electron chi connectivity index (χ4n) is 2.52. The number of amides is 1. The topological polar surface area (TPSA) is 71.8 Å². The summed E-state index contributed by atoms with van der Waals surface area (Å²) in [6.45, 7) is 2.53. The number of hydrogen-bond acceptors (Lipinski definition) is 4. The highest BCUT2D eigenvalue weighted by Gasteiger charge is 2.20. The summed E-state index contributed by atoms with van der Waals surface area (Å²) in [5.41, 5.74) is 1.97. The first-order chi connectivity index (χ1) is 10.3. The van der Waals surface area contributed by atoms with Crippen LogP contribution in [0.4, 0.5) is 5.69 Å². The van der Waals surface area contributed by atoms with Crippen molar-refractivity contribution in [2.24, 2.45) is 5.92 Å². The quantitative estimate of drug-likeness (QED) is 0.887. The molecule has 0 aliphatic carbocycles. The number of piperidine rings is 1. The molecule has 1 saturated heterocycles. The Bertz CT molecular complexity index is 573. The van der Waals surface area contributed by atoms with Crippen LogP contribution >= 0.6 is 0 Å². The molecule has 1 aliphatic rings. The van der Waals surface area contributed by atoms with Gasteiger partial charge in [0.2, 0.25) is 5.91 Å². The maximum absolute atomic E-state index is 12.1. The summed E-state index contributed by atoms with van der Waals surface area (Å²) in [6, 6.07) is 7.87. The van der Waals surface area contributed by atoms with Gasteiger partial charge in [-0.15, -0.1) is 0 Å². The summed E-state index contributed by atoms with van der Waals surface area (Å²) in [5.74, 6) is 0.251. The summed E-state index contributed by atoms with van der Waals surface area (Å²) in [7, 11) is 0. The monoisotopic (exact) mass is 285 g/mol. The molecule has 2 heterocycles. The lowest BCUT2D eigenvalue weighted by Gasteiger charge is -2.21. The maximum atomic E-state index is 12.1. The van der Waals surface area contributed by atoms with Gasteiger partial charge in [-0.2, -0.15) is 5.10 Å². The summed E-state index contributed by atoms with van der Waals surface area (Å²) >= 11 is 0. The minimum absolute atomic E-state index is 0.125. The van der Waals surface area contributed by atoms with Crippen LogP contribution in [0.25, 0.3) is 0 Å². The molecule has 6 heteroatoms. The second-order valence-electron chi connectivity index (χ2n) is 5.30. The molecule has 0 atom stereocenters. The SMILES string of the molecule is O=C(Nc1ccc(Cn2cncn2)cc1)C1CCNCC1. The number of aromatic nitrogens is 3. The molecular formula is C15H19N5O. The Morgan fingerprint density at radius 1 is 1.29 bits per heavy atom. The Morgan fingerprint density at radius 3 is 2.71 bits per heavy atom. The van der Waals surface area contributed by atoms with Gasteiger partial charge >= 0.3 is 0 Å². The molecule has 1 aromatic carbocycles. The molecular weight excluding hydrogens is 266 g/mol. The number of hydrogen-bond donors (Lipinski definition) is 2. The normalized spacial score (nSPS) is 15.8. The van der Waals surface area contributed by atoms with E-state index in [-0.39, 0.29) is 11.8 Å². The van der Waals surface area contributed by atoms with Crippen molar-refractivity contribution in [1.82, 2.24) is 20.1 Å². The third kappa shape index (κ3) is 3.66. The van der Waals surface area contributed by atoms with Crippen molar-refractivity contribution in [3.63, 3.8) is 0 Å². The molecule has 0 bridgehead atoms. The van der Waals surface area contributed by atoms with Gasteiger partial charge in [0.1, 0.15) is 12.7 Å². The maximum Gasteiger partial charge on any atom is 0.227 e. The molecule has 110 valence electrons. The van der Waals surface area contributed by atoms with Crippen molar-refractivity contribution >= 4 is 11.6 Å². The van der Waals surface area contributed by atoms with Crippen molar-refractivity contribution in [3.8, 4) is 0 Å². The average Bonchev–Trinajstić information content (AvgIpc) is 3.03. The summed E-state index contributed by atoms with van der Waals surface area (Å²) in [4.78, 5) is 16.1. The zero-order chi connectivity index (χ0) is 14.5. The van der Waals surface area contributed by atoms with E-state index in [9.17, 15) is 4.79 Å². The molecule has 1 fully saturated rings. The fraction of sp³-hybridized carbons (Fsp3) is 0.400. The molecule has 0 saturated carbocycles. The Hall–Kier alpha value is -2.21. The predicted molar refractivity (Wildman–Crippen MR) is 79.8 cm³/mol. The molecule has 2 aromatic rings.